The molecule has 0 saturated heterocycles. The molecule has 118 valence electrons. The van der Waals surface area contributed by atoms with E-state index in [1.54, 1.807) is 0 Å². The average molecular weight is 303 g/mol. The van der Waals surface area contributed by atoms with Crippen molar-refractivity contribution in [2.45, 2.75) is 71.3 Å². The lowest BCUT2D eigenvalue weighted by atomic mass is 9.71. The van der Waals surface area contributed by atoms with E-state index < -0.39 is 0 Å². The lowest BCUT2D eigenvalue weighted by Crippen LogP contribution is -2.42. The van der Waals surface area contributed by atoms with Crippen molar-refractivity contribution in [1.29, 1.82) is 0 Å². The number of rotatable bonds is 6. The van der Waals surface area contributed by atoms with Crippen LogP contribution in [0.2, 0.25) is 0 Å². The minimum Gasteiger partial charge on any atom is -0.339 e. The van der Waals surface area contributed by atoms with Gasteiger partial charge in [-0.05, 0) is 43.6 Å². The second-order valence-electron chi connectivity index (χ2n) is 7.11. The van der Waals surface area contributed by atoms with Gasteiger partial charge in [-0.3, -0.25) is 4.79 Å². The Morgan fingerprint density at radius 1 is 1.25 bits per heavy atom. The molecule has 2 aliphatic carbocycles. The summed E-state index contributed by atoms with van der Waals surface area (Å²) in [6.45, 7) is 5.99. The summed E-state index contributed by atoms with van der Waals surface area (Å²) < 4.78 is 0. The van der Waals surface area contributed by atoms with Crippen LogP contribution in [0.1, 0.15) is 65.2 Å². The highest BCUT2D eigenvalue weighted by Crippen LogP contribution is 2.40. The van der Waals surface area contributed by atoms with E-state index in [0.717, 1.165) is 19.4 Å². The molecular formula is C16H31ClN2O. The Morgan fingerprint density at radius 3 is 2.30 bits per heavy atom. The molecule has 3 nitrogen and oxygen atoms in total. The Balaban J connectivity index is 0.00000200. The van der Waals surface area contributed by atoms with Gasteiger partial charge in [0.25, 0.3) is 0 Å². The second-order valence-corrected chi connectivity index (χ2v) is 7.11. The molecule has 0 aromatic rings. The zero-order valence-corrected chi connectivity index (χ0v) is 13.9. The molecule has 0 unspecified atom stereocenters. The molecule has 2 N–H and O–H groups in total. The average Bonchev–Trinajstić information content (AvgIpc) is 3.21. The summed E-state index contributed by atoms with van der Waals surface area (Å²) in [7, 11) is 0. The maximum Gasteiger partial charge on any atom is 0.223 e. The number of hydrogen-bond donors (Lipinski definition) is 1. The maximum absolute atomic E-state index is 12.7. The minimum atomic E-state index is 0. The van der Waals surface area contributed by atoms with E-state index in [1.165, 1.54) is 32.1 Å². The van der Waals surface area contributed by atoms with Crippen molar-refractivity contribution in [2.75, 3.05) is 13.1 Å². The van der Waals surface area contributed by atoms with Gasteiger partial charge >= 0.3 is 0 Å². The van der Waals surface area contributed by atoms with Crippen LogP contribution in [0.3, 0.4) is 0 Å². The quantitative estimate of drug-likeness (QED) is 0.818. The van der Waals surface area contributed by atoms with Gasteiger partial charge in [0.1, 0.15) is 0 Å². The Hall–Kier alpha value is -0.280. The van der Waals surface area contributed by atoms with E-state index in [0.29, 0.717) is 30.8 Å². The van der Waals surface area contributed by atoms with Crippen LogP contribution in [0.25, 0.3) is 0 Å². The first-order valence-corrected chi connectivity index (χ1v) is 8.06. The van der Waals surface area contributed by atoms with E-state index in [9.17, 15) is 4.79 Å². The molecule has 0 radical (unpaired) electrons. The summed E-state index contributed by atoms with van der Waals surface area (Å²) in [6.07, 6.45) is 9.20. The van der Waals surface area contributed by atoms with Gasteiger partial charge in [0.15, 0.2) is 0 Å². The Labute approximate surface area is 130 Å². The third kappa shape index (κ3) is 4.63. The summed E-state index contributed by atoms with van der Waals surface area (Å²) in [6, 6.07) is 0.535. The van der Waals surface area contributed by atoms with Crippen LogP contribution in [0, 0.1) is 11.3 Å². The fraction of sp³-hybridized carbons (Fsp3) is 0.938. The SMILES string of the molecule is CC(C)CN(C(=O)CC1(CN)CCCCC1)C1CC1.Cl. The number of halogens is 1. The predicted octanol–water partition coefficient (Wildman–Crippen LogP) is 3.35. The van der Waals surface area contributed by atoms with Crippen LogP contribution >= 0.6 is 12.4 Å². The molecule has 2 rings (SSSR count). The Morgan fingerprint density at radius 2 is 1.85 bits per heavy atom. The smallest absolute Gasteiger partial charge is 0.223 e. The normalized spacial score (nSPS) is 21.4. The van der Waals surface area contributed by atoms with Crippen molar-refractivity contribution in [1.82, 2.24) is 4.90 Å². The molecule has 2 aliphatic rings. The molecule has 0 aliphatic heterocycles. The monoisotopic (exact) mass is 302 g/mol. The van der Waals surface area contributed by atoms with E-state index in [4.69, 9.17) is 5.73 Å². The number of nitrogens with two attached hydrogens (primary N) is 1. The third-order valence-corrected chi connectivity index (χ3v) is 4.74. The molecule has 0 atom stereocenters. The van der Waals surface area contributed by atoms with Crippen LogP contribution in [0.5, 0.6) is 0 Å². The van der Waals surface area contributed by atoms with Gasteiger partial charge in [-0.2, -0.15) is 0 Å². The maximum atomic E-state index is 12.7. The van der Waals surface area contributed by atoms with E-state index in [2.05, 4.69) is 18.7 Å². The fourth-order valence-electron chi connectivity index (χ4n) is 3.41. The zero-order chi connectivity index (χ0) is 13.9. The highest BCUT2D eigenvalue weighted by Gasteiger charge is 2.38. The van der Waals surface area contributed by atoms with E-state index in [-0.39, 0.29) is 17.8 Å². The summed E-state index contributed by atoms with van der Waals surface area (Å²) in [4.78, 5) is 14.8. The van der Waals surface area contributed by atoms with Gasteiger partial charge in [0.05, 0.1) is 0 Å². The molecule has 4 heteroatoms. The summed E-state index contributed by atoms with van der Waals surface area (Å²) >= 11 is 0. The number of amides is 1. The summed E-state index contributed by atoms with van der Waals surface area (Å²) in [5.74, 6) is 0.924. The topological polar surface area (TPSA) is 46.3 Å². The predicted molar refractivity (Wildman–Crippen MR) is 86.0 cm³/mol. The summed E-state index contributed by atoms with van der Waals surface area (Å²) in [5.41, 5.74) is 6.12. The zero-order valence-electron chi connectivity index (χ0n) is 13.1. The fourth-order valence-corrected chi connectivity index (χ4v) is 3.41. The van der Waals surface area contributed by atoms with Crippen LogP contribution in [-0.2, 0) is 4.79 Å². The molecule has 2 saturated carbocycles. The van der Waals surface area contributed by atoms with Crippen molar-refractivity contribution in [2.24, 2.45) is 17.1 Å². The number of carbonyl (C=O) groups excluding carboxylic acids is 1. The lowest BCUT2D eigenvalue weighted by molar-refractivity contribution is -0.135. The first-order valence-electron chi connectivity index (χ1n) is 8.06. The molecule has 1 amide bonds. The molecule has 0 spiro atoms. The Bertz CT molecular complexity index is 310. The summed E-state index contributed by atoms with van der Waals surface area (Å²) in [5, 5.41) is 0. The van der Waals surface area contributed by atoms with Gasteiger partial charge in [0.2, 0.25) is 5.91 Å². The molecule has 0 aromatic heterocycles. The van der Waals surface area contributed by atoms with Crippen LogP contribution in [-0.4, -0.2) is 29.9 Å². The highest BCUT2D eigenvalue weighted by atomic mass is 35.5. The van der Waals surface area contributed by atoms with Crippen molar-refractivity contribution >= 4 is 18.3 Å². The van der Waals surface area contributed by atoms with Gasteiger partial charge in [0, 0.05) is 19.0 Å². The largest absolute Gasteiger partial charge is 0.339 e. The van der Waals surface area contributed by atoms with Crippen molar-refractivity contribution in [3.05, 3.63) is 0 Å². The first-order chi connectivity index (χ1) is 9.06. The van der Waals surface area contributed by atoms with Crippen molar-refractivity contribution < 1.29 is 4.79 Å². The van der Waals surface area contributed by atoms with Crippen LogP contribution < -0.4 is 5.73 Å². The minimum absolute atomic E-state index is 0. The molecule has 0 bridgehead atoms. The first kappa shape index (κ1) is 17.8. The van der Waals surface area contributed by atoms with E-state index >= 15 is 0 Å². The molecule has 20 heavy (non-hydrogen) atoms. The van der Waals surface area contributed by atoms with Crippen molar-refractivity contribution in [3.8, 4) is 0 Å². The van der Waals surface area contributed by atoms with Gasteiger partial charge < -0.3 is 10.6 Å². The Kier molecular flexibility index (Phi) is 6.80. The van der Waals surface area contributed by atoms with Crippen molar-refractivity contribution in [3.63, 3.8) is 0 Å². The van der Waals surface area contributed by atoms with Crippen LogP contribution in [0.4, 0.5) is 0 Å². The molecule has 0 heterocycles. The van der Waals surface area contributed by atoms with Gasteiger partial charge in [-0.1, -0.05) is 33.1 Å². The standard InChI is InChI=1S/C16H30N2O.ClH/c1-13(2)11-18(14-6-7-14)15(19)10-16(12-17)8-4-3-5-9-16;/h13-14H,3-12,17H2,1-2H3;1H. The van der Waals surface area contributed by atoms with Crippen LogP contribution in [0.15, 0.2) is 0 Å². The second kappa shape index (κ2) is 7.65. The molecular weight excluding hydrogens is 272 g/mol. The third-order valence-electron chi connectivity index (χ3n) is 4.74. The molecule has 0 aromatic carbocycles. The number of nitrogens with zero attached hydrogens (tertiary/aromatic N) is 1. The van der Waals surface area contributed by atoms with E-state index in [1.807, 2.05) is 0 Å². The van der Waals surface area contributed by atoms with Gasteiger partial charge in [-0.15, -0.1) is 12.4 Å². The highest BCUT2D eigenvalue weighted by molar-refractivity contribution is 5.85. The lowest BCUT2D eigenvalue weighted by Gasteiger charge is -2.37. The van der Waals surface area contributed by atoms with Gasteiger partial charge in [-0.25, -0.2) is 0 Å². The number of carbonyl (C=O) groups is 1. The number of hydrogen-bond acceptors (Lipinski definition) is 2. The molecule has 2 fully saturated rings.